The van der Waals surface area contributed by atoms with Gasteiger partial charge in [-0.3, -0.25) is 0 Å². The lowest BCUT2D eigenvalue weighted by atomic mass is 10.2. The Labute approximate surface area is 115 Å². The molecule has 0 spiro atoms. The van der Waals surface area contributed by atoms with Gasteiger partial charge in [-0.05, 0) is 19.1 Å². The Morgan fingerprint density at radius 3 is 2.20 bits per heavy atom. The van der Waals surface area contributed by atoms with Crippen LogP contribution in [0.15, 0.2) is 30.3 Å². The summed E-state index contributed by atoms with van der Waals surface area (Å²) in [6.07, 6.45) is 0. The Morgan fingerprint density at radius 2 is 1.65 bits per heavy atom. The van der Waals surface area contributed by atoms with Crippen LogP contribution in [-0.4, -0.2) is 35.9 Å². The van der Waals surface area contributed by atoms with Crippen LogP contribution >= 0.6 is 0 Å². The molecule has 2 rings (SSSR count). The van der Waals surface area contributed by atoms with Gasteiger partial charge in [0.15, 0.2) is 5.69 Å². The standard InChI is InChI=1S/C14H14N2O4/c1-9-11(13(17)19-2)12(14(18)20-3)16(15-9)10-7-5-4-6-8-10/h4-8H,1-3H3. The molecule has 0 aliphatic heterocycles. The minimum atomic E-state index is -0.644. The Morgan fingerprint density at radius 1 is 1.05 bits per heavy atom. The van der Waals surface area contributed by atoms with Gasteiger partial charge in [0.1, 0.15) is 5.56 Å². The number of para-hydroxylation sites is 1. The summed E-state index contributed by atoms with van der Waals surface area (Å²) in [7, 11) is 2.50. The molecule has 0 atom stereocenters. The molecule has 0 aliphatic carbocycles. The van der Waals surface area contributed by atoms with E-state index in [9.17, 15) is 9.59 Å². The Hall–Kier alpha value is -2.63. The van der Waals surface area contributed by atoms with Gasteiger partial charge in [-0.1, -0.05) is 18.2 Å². The van der Waals surface area contributed by atoms with E-state index in [1.54, 1.807) is 19.1 Å². The first-order valence-corrected chi connectivity index (χ1v) is 5.91. The SMILES string of the molecule is COC(=O)c1c(C)nn(-c2ccccc2)c1C(=O)OC. The Kier molecular flexibility index (Phi) is 3.84. The topological polar surface area (TPSA) is 70.4 Å². The Balaban J connectivity index is 2.70. The molecule has 20 heavy (non-hydrogen) atoms. The molecule has 1 aromatic heterocycles. The number of ether oxygens (including phenoxy) is 2. The third kappa shape index (κ3) is 2.27. The summed E-state index contributed by atoms with van der Waals surface area (Å²) >= 11 is 0. The molecule has 0 unspecified atom stereocenters. The number of carbonyl (C=O) groups excluding carboxylic acids is 2. The van der Waals surface area contributed by atoms with Crippen LogP contribution in [0, 0.1) is 6.92 Å². The zero-order valence-electron chi connectivity index (χ0n) is 11.4. The zero-order valence-corrected chi connectivity index (χ0v) is 11.4. The molecule has 0 saturated carbocycles. The van der Waals surface area contributed by atoms with Crippen molar-refractivity contribution >= 4 is 11.9 Å². The number of benzene rings is 1. The van der Waals surface area contributed by atoms with Crippen molar-refractivity contribution < 1.29 is 19.1 Å². The van der Waals surface area contributed by atoms with Crippen molar-refractivity contribution in [3.8, 4) is 5.69 Å². The van der Waals surface area contributed by atoms with E-state index in [2.05, 4.69) is 5.10 Å². The van der Waals surface area contributed by atoms with Crippen LogP contribution in [0.2, 0.25) is 0 Å². The number of hydrogen-bond acceptors (Lipinski definition) is 5. The normalized spacial score (nSPS) is 10.2. The first-order valence-electron chi connectivity index (χ1n) is 5.91. The Bertz CT molecular complexity index is 647. The molecule has 0 radical (unpaired) electrons. The van der Waals surface area contributed by atoms with E-state index in [-0.39, 0.29) is 11.3 Å². The van der Waals surface area contributed by atoms with Crippen molar-refractivity contribution in [1.29, 1.82) is 0 Å². The molecule has 0 bridgehead atoms. The van der Waals surface area contributed by atoms with Gasteiger partial charge >= 0.3 is 11.9 Å². The predicted molar refractivity (Wildman–Crippen MR) is 71.0 cm³/mol. The maximum Gasteiger partial charge on any atom is 0.357 e. The molecule has 104 valence electrons. The van der Waals surface area contributed by atoms with E-state index < -0.39 is 11.9 Å². The van der Waals surface area contributed by atoms with Gasteiger partial charge in [0.2, 0.25) is 0 Å². The second-order valence-corrected chi connectivity index (χ2v) is 4.04. The number of methoxy groups -OCH3 is 2. The van der Waals surface area contributed by atoms with E-state index in [0.29, 0.717) is 11.4 Å². The summed E-state index contributed by atoms with van der Waals surface area (Å²) in [6, 6.07) is 9.02. The van der Waals surface area contributed by atoms with E-state index in [4.69, 9.17) is 9.47 Å². The molecule has 1 heterocycles. The smallest absolute Gasteiger partial charge is 0.357 e. The molecule has 0 amide bonds. The monoisotopic (exact) mass is 274 g/mol. The quantitative estimate of drug-likeness (QED) is 0.797. The molecule has 6 nitrogen and oxygen atoms in total. The summed E-state index contributed by atoms with van der Waals surface area (Å²) < 4.78 is 10.8. The minimum Gasteiger partial charge on any atom is -0.465 e. The first-order chi connectivity index (χ1) is 9.60. The number of hydrogen-bond donors (Lipinski definition) is 0. The summed E-state index contributed by atoms with van der Waals surface area (Å²) in [5, 5.41) is 4.23. The third-order valence-corrected chi connectivity index (χ3v) is 2.83. The maximum atomic E-state index is 12.0. The zero-order chi connectivity index (χ0) is 14.7. The second-order valence-electron chi connectivity index (χ2n) is 4.04. The first kappa shape index (κ1) is 13.8. The highest BCUT2D eigenvalue weighted by atomic mass is 16.5. The van der Waals surface area contributed by atoms with Crippen molar-refractivity contribution in [3.63, 3.8) is 0 Å². The van der Waals surface area contributed by atoms with Crippen molar-refractivity contribution in [2.75, 3.05) is 14.2 Å². The van der Waals surface area contributed by atoms with Crippen molar-refractivity contribution in [1.82, 2.24) is 9.78 Å². The summed E-state index contributed by atoms with van der Waals surface area (Å²) in [5.41, 5.74) is 1.23. The van der Waals surface area contributed by atoms with Gasteiger partial charge in [0.25, 0.3) is 0 Å². The molecular weight excluding hydrogens is 260 g/mol. The third-order valence-electron chi connectivity index (χ3n) is 2.83. The van der Waals surface area contributed by atoms with Crippen LogP contribution < -0.4 is 0 Å². The summed E-state index contributed by atoms with van der Waals surface area (Å²) in [4.78, 5) is 23.8. The van der Waals surface area contributed by atoms with Gasteiger partial charge in [0.05, 0.1) is 25.6 Å². The second kappa shape index (κ2) is 5.56. The highest BCUT2D eigenvalue weighted by Crippen LogP contribution is 2.20. The highest BCUT2D eigenvalue weighted by Gasteiger charge is 2.28. The highest BCUT2D eigenvalue weighted by molar-refractivity contribution is 6.03. The average molecular weight is 274 g/mol. The van der Waals surface area contributed by atoms with Crippen LogP contribution in [0.4, 0.5) is 0 Å². The maximum absolute atomic E-state index is 12.0. The number of aromatic nitrogens is 2. The van der Waals surface area contributed by atoms with E-state index in [0.717, 1.165) is 0 Å². The molecule has 0 aliphatic rings. The van der Waals surface area contributed by atoms with E-state index in [1.807, 2.05) is 18.2 Å². The molecule has 0 fully saturated rings. The molecule has 0 saturated heterocycles. The van der Waals surface area contributed by atoms with Crippen molar-refractivity contribution in [2.45, 2.75) is 6.92 Å². The average Bonchev–Trinajstić information content (AvgIpc) is 2.84. The molecule has 0 N–H and O–H groups in total. The van der Waals surface area contributed by atoms with Crippen LogP contribution in [0.25, 0.3) is 5.69 Å². The van der Waals surface area contributed by atoms with Crippen LogP contribution in [0.3, 0.4) is 0 Å². The largest absolute Gasteiger partial charge is 0.465 e. The lowest BCUT2D eigenvalue weighted by Gasteiger charge is -2.07. The molecule has 6 heteroatoms. The van der Waals surface area contributed by atoms with Gasteiger partial charge in [-0.25, -0.2) is 14.3 Å². The van der Waals surface area contributed by atoms with Crippen LogP contribution in [0.5, 0.6) is 0 Å². The lowest BCUT2D eigenvalue weighted by molar-refractivity contribution is 0.0549. The van der Waals surface area contributed by atoms with Crippen molar-refractivity contribution in [3.05, 3.63) is 47.3 Å². The number of aryl methyl sites for hydroxylation is 1. The van der Waals surface area contributed by atoms with Gasteiger partial charge in [-0.15, -0.1) is 0 Å². The van der Waals surface area contributed by atoms with E-state index >= 15 is 0 Å². The van der Waals surface area contributed by atoms with Crippen LogP contribution in [-0.2, 0) is 9.47 Å². The van der Waals surface area contributed by atoms with E-state index in [1.165, 1.54) is 18.9 Å². The molecule has 1 aromatic carbocycles. The molecular formula is C14H14N2O4. The van der Waals surface area contributed by atoms with Crippen molar-refractivity contribution in [2.24, 2.45) is 0 Å². The summed E-state index contributed by atoms with van der Waals surface area (Å²) in [5.74, 6) is -1.26. The number of nitrogens with zero attached hydrogens (tertiary/aromatic N) is 2. The van der Waals surface area contributed by atoms with Gasteiger partial charge < -0.3 is 9.47 Å². The van der Waals surface area contributed by atoms with Crippen LogP contribution in [0.1, 0.15) is 26.5 Å². The fraction of sp³-hybridized carbons (Fsp3) is 0.214. The number of esters is 2. The minimum absolute atomic E-state index is 0.0584. The number of rotatable bonds is 3. The van der Waals surface area contributed by atoms with Gasteiger partial charge in [-0.2, -0.15) is 5.10 Å². The molecule has 2 aromatic rings. The fourth-order valence-electron chi connectivity index (χ4n) is 1.91. The number of carbonyl (C=O) groups is 2. The lowest BCUT2D eigenvalue weighted by Crippen LogP contribution is -2.15. The fourth-order valence-corrected chi connectivity index (χ4v) is 1.91. The summed E-state index contributed by atoms with van der Waals surface area (Å²) in [6.45, 7) is 1.64. The van der Waals surface area contributed by atoms with Gasteiger partial charge in [0, 0.05) is 0 Å². The predicted octanol–water partition coefficient (Wildman–Crippen LogP) is 1.75.